The molecule has 23 heavy (non-hydrogen) atoms. The van der Waals surface area contributed by atoms with Crippen molar-refractivity contribution in [1.82, 2.24) is 4.90 Å². The Kier molecular flexibility index (Phi) is 6.40. The molecule has 1 amide bonds. The van der Waals surface area contributed by atoms with Crippen LogP contribution in [0.25, 0.3) is 0 Å². The van der Waals surface area contributed by atoms with Crippen LogP contribution < -0.4 is 5.32 Å². The molecular weight excluding hydrogens is 296 g/mol. The number of hydrogen-bond donors (Lipinski definition) is 1. The number of piperidine rings is 1. The van der Waals surface area contributed by atoms with Gasteiger partial charge in [-0.05, 0) is 50.6 Å². The summed E-state index contributed by atoms with van der Waals surface area (Å²) < 4.78 is 9.64. The molecule has 1 aromatic rings. The van der Waals surface area contributed by atoms with Crippen LogP contribution in [-0.4, -0.2) is 43.8 Å². The van der Waals surface area contributed by atoms with Crippen molar-refractivity contribution in [3.8, 4) is 0 Å². The monoisotopic (exact) mass is 320 g/mol. The molecule has 2 rings (SSSR count). The zero-order chi connectivity index (χ0) is 16.7. The molecule has 0 radical (unpaired) electrons. The van der Waals surface area contributed by atoms with Gasteiger partial charge in [0.2, 0.25) is 0 Å². The molecule has 0 spiro atoms. The Morgan fingerprint density at radius 3 is 2.43 bits per heavy atom. The molecule has 1 aromatic carbocycles. The number of carbonyl (C=O) groups is 2. The topological polar surface area (TPSA) is 67.9 Å². The number of hydrogen-bond acceptors (Lipinski definition) is 5. The van der Waals surface area contributed by atoms with Gasteiger partial charge < -0.3 is 9.47 Å². The second kappa shape index (κ2) is 8.53. The van der Waals surface area contributed by atoms with Gasteiger partial charge in [0, 0.05) is 12.2 Å². The zero-order valence-electron chi connectivity index (χ0n) is 13.7. The largest absolute Gasteiger partial charge is 0.466 e. The van der Waals surface area contributed by atoms with E-state index in [1.54, 1.807) is 0 Å². The van der Waals surface area contributed by atoms with E-state index in [-0.39, 0.29) is 11.9 Å². The van der Waals surface area contributed by atoms with Crippen LogP contribution in [0.2, 0.25) is 0 Å². The molecule has 6 heteroatoms. The molecule has 1 N–H and O–H groups in total. The van der Waals surface area contributed by atoms with Crippen LogP contribution in [0.1, 0.15) is 25.3 Å². The Labute approximate surface area is 136 Å². The maximum absolute atomic E-state index is 11.7. The summed E-state index contributed by atoms with van der Waals surface area (Å²) in [6, 6.07) is 7.70. The van der Waals surface area contributed by atoms with Gasteiger partial charge >= 0.3 is 12.1 Å². The standard InChI is InChI=1S/C17H24N2O4/c1-3-23-16(20)14-8-10-19(11-9-14)12-13-4-6-15(7-5-13)18-17(21)22-2/h4-7,14H,3,8-12H2,1-2H3,(H,18,21). The molecule has 126 valence electrons. The summed E-state index contributed by atoms with van der Waals surface area (Å²) in [4.78, 5) is 25.2. The molecule has 1 aliphatic rings. The number of nitrogens with one attached hydrogen (secondary N) is 1. The SMILES string of the molecule is CCOC(=O)C1CCN(Cc2ccc(NC(=O)OC)cc2)CC1. The van der Waals surface area contributed by atoms with Crippen LogP contribution in [0.4, 0.5) is 10.5 Å². The predicted molar refractivity (Wildman–Crippen MR) is 87.1 cm³/mol. The lowest BCUT2D eigenvalue weighted by molar-refractivity contribution is -0.149. The number of rotatable bonds is 5. The molecule has 0 atom stereocenters. The highest BCUT2D eigenvalue weighted by atomic mass is 16.5. The first-order valence-corrected chi connectivity index (χ1v) is 7.95. The molecule has 1 saturated heterocycles. The van der Waals surface area contributed by atoms with Gasteiger partial charge in [0.1, 0.15) is 0 Å². The fourth-order valence-electron chi connectivity index (χ4n) is 2.71. The second-order valence-corrected chi connectivity index (χ2v) is 5.62. The molecule has 6 nitrogen and oxygen atoms in total. The van der Waals surface area contributed by atoms with Crippen molar-refractivity contribution in [2.24, 2.45) is 5.92 Å². The normalized spacial score (nSPS) is 15.9. The Morgan fingerprint density at radius 1 is 1.22 bits per heavy atom. The number of nitrogens with zero attached hydrogens (tertiary/aromatic N) is 1. The van der Waals surface area contributed by atoms with Crippen molar-refractivity contribution < 1.29 is 19.1 Å². The Balaban J connectivity index is 1.80. The summed E-state index contributed by atoms with van der Waals surface area (Å²) in [6.07, 6.45) is 1.22. The van der Waals surface area contributed by atoms with Crippen molar-refractivity contribution in [2.75, 3.05) is 32.1 Å². The van der Waals surface area contributed by atoms with E-state index < -0.39 is 6.09 Å². The van der Waals surface area contributed by atoms with Crippen molar-refractivity contribution in [3.63, 3.8) is 0 Å². The van der Waals surface area contributed by atoms with Crippen molar-refractivity contribution >= 4 is 17.7 Å². The number of esters is 1. The lowest BCUT2D eigenvalue weighted by Crippen LogP contribution is -2.36. The van der Waals surface area contributed by atoms with Crippen LogP contribution in [0.5, 0.6) is 0 Å². The van der Waals surface area contributed by atoms with E-state index in [1.807, 2.05) is 31.2 Å². The van der Waals surface area contributed by atoms with E-state index in [9.17, 15) is 9.59 Å². The molecule has 0 bridgehead atoms. The minimum atomic E-state index is -0.473. The number of likely N-dealkylation sites (tertiary alicyclic amines) is 1. The van der Waals surface area contributed by atoms with Gasteiger partial charge in [0.05, 0.1) is 19.6 Å². The zero-order valence-corrected chi connectivity index (χ0v) is 13.7. The number of ether oxygens (including phenoxy) is 2. The molecule has 1 fully saturated rings. The fraction of sp³-hybridized carbons (Fsp3) is 0.529. The van der Waals surface area contributed by atoms with Crippen LogP contribution in [0.3, 0.4) is 0 Å². The van der Waals surface area contributed by atoms with Gasteiger partial charge in [-0.25, -0.2) is 4.79 Å². The van der Waals surface area contributed by atoms with Crippen LogP contribution in [0.15, 0.2) is 24.3 Å². The second-order valence-electron chi connectivity index (χ2n) is 5.62. The van der Waals surface area contributed by atoms with E-state index in [1.165, 1.54) is 12.7 Å². The van der Waals surface area contributed by atoms with Crippen molar-refractivity contribution in [3.05, 3.63) is 29.8 Å². The average molecular weight is 320 g/mol. The average Bonchev–Trinajstić information content (AvgIpc) is 2.57. The van der Waals surface area contributed by atoms with E-state index in [0.29, 0.717) is 12.3 Å². The maximum Gasteiger partial charge on any atom is 0.411 e. The molecule has 0 aliphatic carbocycles. The highest BCUT2D eigenvalue weighted by Gasteiger charge is 2.25. The third-order valence-corrected chi connectivity index (χ3v) is 4.00. The van der Waals surface area contributed by atoms with E-state index >= 15 is 0 Å². The summed E-state index contributed by atoms with van der Waals surface area (Å²) in [5, 5.41) is 2.63. The van der Waals surface area contributed by atoms with Gasteiger partial charge in [0.25, 0.3) is 0 Å². The first-order valence-electron chi connectivity index (χ1n) is 7.95. The van der Waals surface area contributed by atoms with Gasteiger partial charge in [0.15, 0.2) is 0 Å². The fourth-order valence-corrected chi connectivity index (χ4v) is 2.71. The first-order chi connectivity index (χ1) is 11.1. The van der Waals surface area contributed by atoms with E-state index in [4.69, 9.17) is 4.74 Å². The van der Waals surface area contributed by atoms with Crippen molar-refractivity contribution in [2.45, 2.75) is 26.3 Å². The number of benzene rings is 1. The third-order valence-electron chi connectivity index (χ3n) is 4.00. The Morgan fingerprint density at radius 2 is 1.87 bits per heavy atom. The lowest BCUT2D eigenvalue weighted by atomic mass is 9.96. The molecule has 0 aromatic heterocycles. The van der Waals surface area contributed by atoms with Crippen LogP contribution in [-0.2, 0) is 20.8 Å². The van der Waals surface area contributed by atoms with Crippen LogP contribution in [0, 0.1) is 5.92 Å². The summed E-state index contributed by atoms with van der Waals surface area (Å²) in [7, 11) is 1.34. The highest BCUT2D eigenvalue weighted by Crippen LogP contribution is 2.21. The van der Waals surface area contributed by atoms with E-state index in [2.05, 4.69) is 15.0 Å². The smallest absolute Gasteiger partial charge is 0.411 e. The number of anilines is 1. The third kappa shape index (κ3) is 5.25. The van der Waals surface area contributed by atoms with E-state index in [0.717, 1.165) is 32.5 Å². The molecule has 0 saturated carbocycles. The van der Waals surface area contributed by atoms with Gasteiger partial charge in [-0.15, -0.1) is 0 Å². The maximum atomic E-state index is 11.7. The lowest BCUT2D eigenvalue weighted by Gasteiger charge is -2.30. The summed E-state index contributed by atoms with van der Waals surface area (Å²) in [6.45, 7) is 4.92. The highest BCUT2D eigenvalue weighted by molar-refractivity contribution is 5.84. The summed E-state index contributed by atoms with van der Waals surface area (Å²) in [5.41, 5.74) is 1.89. The first kappa shape index (κ1) is 17.3. The molecule has 1 heterocycles. The summed E-state index contributed by atoms with van der Waals surface area (Å²) >= 11 is 0. The molecular formula is C17H24N2O4. The number of amides is 1. The minimum Gasteiger partial charge on any atom is -0.466 e. The summed E-state index contributed by atoms with van der Waals surface area (Å²) in [5.74, 6) is -0.0248. The Bertz CT molecular complexity index is 522. The predicted octanol–water partition coefficient (Wildman–Crippen LogP) is 2.64. The number of methoxy groups -OCH3 is 1. The molecule has 0 unspecified atom stereocenters. The van der Waals surface area contributed by atoms with Crippen LogP contribution >= 0.6 is 0 Å². The quantitative estimate of drug-likeness (QED) is 0.845. The van der Waals surface area contributed by atoms with Gasteiger partial charge in [-0.3, -0.25) is 15.0 Å². The Hall–Kier alpha value is -2.08. The van der Waals surface area contributed by atoms with Crippen molar-refractivity contribution in [1.29, 1.82) is 0 Å². The molecule has 1 aliphatic heterocycles. The van der Waals surface area contributed by atoms with Gasteiger partial charge in [-0.2, -0.15) is 0 Å². The number of carbonyl (C=O) groups excluding carboxylic acids is 2. The minimum absolute atomic E-state index is 0.0397. The van der Waals surface area contributed by atoms with Gasteiger partial charge in [-0.1, -0.05) is 12.1 Å².